The number of hydrogen-bond acceptors (Lipinski definition) is 8. The van der Waals surface area contributed by atoms with Crippen LogP contribution in [0.3, 0.4) is 0 Å². The molecule has 0 fully saturated rings. The van der Waals surface area contributed by atoms with Crippen LogP contribution in [-0.2, 0) is 9.53 Å². The van der Waals surface area contributed by atoms with Crippen LogP contribution in [0.1, 0.15) is 52.0 Å². The molecular formula is C23H29FN6O3. The fourth-order valence-corrected chi connectivity index (χ4v) is 3.03. The summed E-state index contributed by atoms with van der Waals surface area (Å²) in [6.45, 7) is 4.53. The van der Waals surface area contributed by atoms with Crippen molar-refractivity contribution in [1.29, 1.82) is 0 Å². The van der Waals surface area contributed by atoms with Gasteiger partial charge in [0.15, 0.2) is 5.82 Å². The first-order valence-electron chi connectivity index (χ1n) is 11.0. The minimum atomic E-state index is -0.564. The molecule has 9 nitrogen and oxygen atoms in total. The number of aromatic nitrogens is 5. The molecule has 0 bridgehead atoms. The molecular weight excluding hydrogens is 427 g/mol. The Labute approximate surface area is 192 Å². The summed E-state index contributed by atoms with van der Waals surface area (Å²) >= 11 is 0. The number of nitrogens with zero attached hydrogens (tertiary/aromatic N) is 5. The van der Waals surface area contributed by atoms with Crippen molar-refractivity contribution < 1.29 is 18.7 Å². The second-order valence-corrected chi connectivity index (χ2v) is 7.81. The monoisotopic (exact) mass is 456 g/mol. The van der Waals surface area contributed by atoms with Crippen molar-refractivity contribution in [2.45, 2.75) is 52.0 Å². The molecule has 0 radical (unpaired) electrons. The number of unbranched alkanes of at least 4 members (excludes halogenated alkanes) is 3. The summed E-state index contributed by atoms with van der Waals surface area (Å²) in [5.74, 6) is 0.277. The summed E-state index contributed by atoms with van der Waals surface area (Å²) in [5, 5.41) is 11.1. The Hall–Kier alpha value is -3.56. The van der Waals surface area contributed by atoms with Crippen molar-refractivity contribution in [3.63, 3.8) is 0 Å². The predicted octanol–water partition coefficient (Wildman–Crippen LogP) is 4.70. The van der Waals surface area contributed by atoms with Gasteiger partial charge in [-0.05, 0) is 51.0 Å². The molecule has 0 spiro atoms. The van der Waals surface area contributed by atoms with E-state index in [4.69, 9.17) is 4.74 Å². The van der Waals surface area contributed by atoms with Crippen LogP contribution in [0.25, 0.3) is 11.4 Å². The molecule has 176 valence electrons. The highest BCUT2D eigenvalue weighted by molar-refractivity contribution is 5.69. The predicted molar refractivity (Wildman–Crippen MR) is 122 cm³/mol. The molecule has 0 unspecified atom stereocenters. The van der Waals surface area contributed by atoms with Crippen molar-refractivity contribution in [2.24, 2.45) is 0 Å². The van der Waals surface area contributed by atoms with Crippen molar-refractivity contribution in [2.75, 3.05) is 19.0 Å². The van der Waals surface area contributed by atoms with E-state index in [-0.39, 0.29) is 23.7 Å². The number of esters is 1. The van der Waals surface area contributed by atoms with E-state index in [9.17, 15) is 9.18 Å². The van der Waals surface area contributed by atoms with Gasteiger partial charge in [0.05, 0.1) is 26.1 Å². The second kappa shape index (κ2) is 11.9. The van der Waals surface area contributed by atoms with Gasteiger partial charge in [0, 0.05) is 18.2 Å². The number of carbonyl (C=O) groups is 1. The van der Waals surface area contributed by atoms with Crippen molar-refractivity contribution in [3.8, 4) is 17.1 Å². The smallest absolute Gasteiger partial charge is 0.305 e. The third-order valence-electron chi connectivity index (χ3n) is 4.91. The average Bonchev–Trinajstić information content (AvgIpc) is 3.31. The highest BCUT2D eigenvalue weighted by atomic mass is 19.1. The van der Waals surface area contributed by atoms with E-state index >= 15 is 0 Å². The topological polar surface area (TPSA) is 104 Å². The Morgan fingerprint density at radius 1 is 1.15 bits per heavy atom. The summed E-state index contributed by atoms with van der Waals surface area (Å²) in [7, 11) is 1.40. The Balaban J connectivity index is 1.49. The lowest BCUT2D eigenvalue weighted by molar-refractivity contribution is -0.140. The number of ether oxygens (including phenoxy) is 2. The van der Waals surface area contributed by atoms with E-state index < -0.39 is 5.82 Å². The van der Waals surface area contributed by atoms with E-state index in [1.54, 1.807) is 10.9 Å². The maximum Gasteiger partial charge on any atom is 0.305 e. The molecule has 0 aliphatic rings. The highest BCUT2D eigenvalue weighted by Gasteiger charge is 2.14. The van der Waals surface area contributed by atoms with Crippen LogP contribution in [0.2, 0.25) is 0 Å². The number of carbonyl (C=O) groups excluding carboxylic acids is 1. The minimum absolute atomic E-state index is 0.0888. The number of benzene rings is 1. The zero-order valence-electron chi connectivity index (χ0n) is 19.1. The lowest BCUT2D eigenvalue weighted by Crippen LogP contribution is -2.02. The number of anilines is 2. The molecule has 2 aromatic heterocycles. The van der Waals surface area contributed by atoms with E-state index in [2.05, 4.69) is 30.3 Å². The Morgan fingerprint density at radius 3 is 2.61 bits per heavy atom. The SMILES string of the molecule is COC(=O)CCCCCCOc1ccc(Nc2ncc(F)c(-c3cn(C(C)C)nn3)n2)cc1. The fraction of sp³-hybridized carbons (Fsp3) is 0.435. The number of methoxy groups -OCH3 is 1. The van der Waals surface area contributed by atoms with Gasteiger partial charge in [-0.2, -0.15) is 0 Å². The zero-order chi connectivity index (χ0) is 23.6. The maximum absolute atomic E-state index is 14.3. The third kappa shape index (κ3) is 7.23. The molecule has 2 heterocycles. The van der Waals surface area contributed by atoms with Gasteiger partial charge < -0.3 is 14.8 Å². The number of rotatable bonds is 12. The van der Waals surface area contributed by atoms with Gasteiger partial charge in [-0.3, -0.25) is 4.79 Å². The first-order valence-corrected chi connectivity index (χ1v) is 11.0. The molecule has 0 atom stereocenters. The third-order valence-corrected chi connectivity index (χ3v) is 4.91. The summed E-state index contributed by atoms with van der Waals surface area (Å²) in [5.41, 5.74) is 1.18. The Kier molecular flexibility index (Phi) is 8.68. The van der Waals surface area contributed by atoms with E-state index in [1.165, 1.54) is 7.11 Å². The second-order valence-electron chi connectivity index (χ2n) is 7.81. The van der Waals surface area contributed by atoms with E-state index in [0.717, 1.165) is 43.3 Å². The minimum Gasteiger partial charge on any atom is -0.494 e. The number of hydrogen-bond donors (Lipinski definition) is 1. The molecule has 0 saturated heterocycles. The van der Waals surface area contributed by atoms with Gasteiger partial charge in [0.1, 0.15) is 17.1 Å². The molecule has 0 aliphatic carbocycles. The fourth-order valence-electron chi connectivity index (χ4n) is 3.03. The van der Waals surface area contributed by atoms with Crippen LogP contribution in [0.5, 0.6) is 5.75 Å². The lowest BCUT2D eigenvalue weighted by atomic mass is 10.1. The number of halogens is 1. The summed E-state index contributed by atoms with van der Waals surface area (Å²) in [6.07, 6.45) is 6.93. The van der Waals surface area contributed by atoms with Gasteiger partial charge in [-0.25, -0.2) is 19.0 Å². The molecule has 0 amide bonds. The van der Waals surface area contributed by atoms with E-state index in [1.807, 2.05) is 38.1 Å². The number of nitrogens with one attached hydrogen (secondary N) is 1. The van der Waals surface area contributed by atoms with Crippen LogP contribution in [0, 0.1) is 5.82 Å². The van der Waals surface area contributed by atoms with Crippen LogP contribution >= 0.6 is 0 Å². The highest BCUT2D eigenvalue weighted by Crippen LogP contribution is 2.23. The van der Waals surface area contributed by atoms with Gasteiger partial charge in [0.25, 0.3) is 0 Å². The maximum atomic E-state index is 14.3. The van der Waals surface area contributed by atoms with Gasteiger partial charge >= 0.3 is 5.97 Å². The first-order chi connectivity index (χ1) is 16.0. The van der Waals surface area contributed by atoms with Crippen LogP contribution in [0.15, 0.2) is 36.7 Å². The molecule has 0 aliphatic heterocycles. The molecule has 1 N–H and O–H groups in total. The van der Waals surface area contributed by atoms with Crippen LogP contribution in [0.4, 0.5) is 16.0 Å². The van der Waals surface area contributed by atoms with Crippen LogP contribution in [-0.4, -0.2) is 44.6 Å². The molecule has 3 aromatic rings. The molecule has 33 heavy (non-hydrogen) atoms. The van der Waals surface area contributed by atoms with E-state index in [0.29, 0.717) is 18.7 Å². The average molecular weight is 457 g/mol. The van der Waals surface area contributed by atoms with Crippen molar-refractivity contribution in [3.05, 3.63) is 42.5 Å². The van der Waals surface area contributed by atoms with Crippen molar-refractivity contribution >= 4 is 17.6 Å². The lowest BCUT2D eigenvalue weighted by Gasteiger charge is -2.09. The Bertz CT molecular complexity index is 1040. The standard InChI is InChI=1S/C23H29FN6O3/c1-16(2)30-15-20(28-29-30)22-19(24)14-25-23(27-22)26-17-9-11-18(12-10-17)33-13-7-5-4-6-8-21(31)32-3/h9-12,14-16H,4-8,13H2,1-3H3,(H,25,26,27). The summed E-state index contributed by atoms with van der Waals surface area (Å²) in [4.78, 5) is 19.3. The largest absolute Gasteiger partial charge is 0.494 e. The molecule has 1 aromatic carbocycles. The quantitative estimate of drug-likeness (QED) is 0.309. The Morgan fingerprint density at radius 2 is 1.91 bits per heavy atom. The first kappa shape index (κ1) is 24.1. The molecule has 0 saturated carbocycles. The van der Waals surface area contributed by atoms with Gasteiger partial charge in [-0.1, -0.05) is 18.1 Å². The zero-order valence-corrected chi connectivity index (χ0v) is 19.1. The molecule has 10 heteroatoms. The van der Waals surface area contributed by atoms with Crippen LogP contribution < -0.4 is 10.1 Å². The van der Waals surface area contributed by atoms with Gasteiger partial charge in [0.2, 0.25) is 5.95 Å². The normalized spacial score (nSPS) is 10.9. The van der Waals surface area contributed by atoms with Gasteiger partial charge in [-0.15, -0.1) is 5.10 Å². The van der Waals surface area contributed by atoms with Crippen molar-refractivity contribution in [1.82, 2.24) is 25.0 Å². The summed E-state index contributed by atoms with van der Waals surface area (Å²) < 4.78 is 26.3. The summed E-state index contributed by atoms with van der Waals surface area (Å²) in [6, 6.07) is 7.48. The molecule has 3 rings (SSSR count).